The van der Waals surface area contributed by atoms with Crippen molar-refractivity contribution in [3.05, 3.63) is 0 Å². The first-order valence-corrected chi connectivity index (χ1v) is 10.0. The lowest BCUT2D eigenvalue weighted by molar-refractivity contribution is -0.304. The molecule has 2 aliphatic rings. The summed E-state index contributed by atoms with van der Waals surface area (Å²) in [6.45, 7) is -0.195. The quantitative estimate of drug-likeness (QED) is 0.152. The number of rotatable bonds is 10. The first-order valence-electron chi connectivity index (χ1n) is 10.0. The highest BCUT2D eigenvalue weighted by Gasteiger charge is 2.52. The summed E-state index contributed by atoms with van der Waals surface area (Å²) in [6, 6.07) is 0. The Hall–Kier alpha value is -1.46. The van der Waals surface area contributed by atoms with Crippen LogP contribution in [0.25, 0.3) is 0 Å². The van der Waals surface area contributed by atoms with Crippen LogP contribution in [0.5, 0.6) is 0 Å². The molecule has 0 saturated carbocycles. The molecule has 1 amide bonds. The number of methoxy groups -OCH3 is 1. The molecule has 0 aromatic carbocycles. The maximum Gasteiger partial charge on any atom is 0.329 e. The number of aliphatic hydroxyl groups is 5. The number of aliphatic hydroxyl groups excluding tert-OH is 5. The number of carbonyl (C=O) groups excluding carboxylic acids is 1. The molecule has 0 aromatic heterocycles. The van der Waals surface area contributed by atoms with Crippen molar-refractivity contribution in [1.29, 1.82) is 0 Å². The van der Waals surface area contributed by atoms with Gasteiger partial charge in [0.1, 0.15) is 37.1 Å². The number of carbonyl (C=O) groups is 2. The molecule has 9 atom stereocenters. The maximum atomic E-state index is 12.8. The van der Waals surface area contributed by atoms with Crippen LogP contribution in [0.2, 0.25) is 0 Å². The SMILES string of the molecule is CO[C@]1(C(=O)NCCO[C@@H]2OC(C)[C@@H](O)C(O)C2O)CC(OCC(=O)O)[C@@H](O)C(CO)O1. The Labute approximate surface area is 183 Å². The molecule has 0 spiro atoms. The molecule has 7 N–H and O–H groups in total. The Morgan fingerprint density at radius 1 is 1.09 bits per heavy atom. The van der Waals surface area contributed by atoms with E-state index in [1.165, 1.54) is 6.92 Å². The van der Waals surface area contributed by atoms with Gasteiger partial charge in [-0.15, -0.1) is 0 Å². The third-order valence-corrected chi connectivity index (χ3v) is 5.33. The molecule has 186 valence electrons. The molecule has 0 radical (unpaired) electrons. The average molecular weight is 469 g/mol. The molecule has 2 rings (SSSR count). The van der Waals surface area contributed by atoms with Crippen LogP contribution in [0, 0.1) is 0 Å². The van der Waals surface area contributed by atoms with Crippen LogP contribution in [0.4, 0.5) is 0 Å². The van der Waals surface area contributed by atoms with Crippen LogP contribution in [0.1, 0.15) is 13.3 Å². The van der Waals surface area contributed by atoms with Crippen LogP contribution in [0.15, 0.2) is 0 Å². The van der Waals surface area contributed by atoms with Gasteiger partial charge in [-0.3, -0.25) is 4.79 Å². The number of hydrogen-bond donors (Lipinski definition) is 7. The largest absolute Gasteiger partial charge is 0.480 e. The second-order valence-corrected chi connectivity index (χ2v) is 7.54. The Morgan fingerprint density at radius 2 is 1.78 bits per heavy atom. The minimum Gasteiger partial charge on any atom is -0.480 e. The van der Waals surface area contributed by atoms with Crippen LogP contribution < -0.4 is 5.32 Å². The van der Waals surface area contributed by atoms with Crippen molar-refractivity contribution < 1.29 is 63.9 Å². The van der Waals surface area contributed by atoms with Gasteiger partial charge in [-0.05, 0) is 6.92 Å². The maximum absolute atomic E-state index is 12.8. The summed E-state index contributed by atoms with van der Waals surface area (Å²) < 4.78 is 26.4. The Bertz CT molecular complexity index is 636. The van der Waals surface area contributed by atoms with Crippen LogP contribution in [-0.2, 0) is 33.3 Å². The fourth-order valence-electron chi connectivity index (χ4n) is 3.46. The molecule has 14 nitrogen and oxygen atoms in total. The van der Waals surface area contributed by atoms with Crippen LogP contribution in [0.3, 0.4) is 0 Å². The lowest BCUT2D eigenvalue weighted by Gasteiger charge is -2.44. The summed E-state index contributed by atoms with van der Waals surface area (Å²) in [7, 11) is 1.16. The predicted octanol–water partition coefficient (Wildman–Crippen LogP) is -4.10. The number of carboxylic acids is 1. The molecule has 0 aliphatic carbocycles. The van der Waals surface area contributed by atoms with E-state index in [0.717, 1.165) is 7.11 Å². The second-order valence-electron chi connectivity index (χ2n) is 7.54. The lowest BCUT2D eigenvalue weighted by Crippen LogP contribution is -2.63. The fourth-order valence-corrected chi connectivity index (χ4v) is 3.46. The Balaban J connectivity index is 1.93. The van der Waals surface area contributed by atoms with E-state index in [4.69, 9.17) is 28.8 Å². The number of ether oxygens (including phenoxy) is 5. The van der Waals surface area contributed by atoms with E-state index in [0.29, 0.717) is 0 Å². The standard InChI is InChI=1S/C18H31NO13/c1-8-12(23)14(25)15(26)16(31-8)29-4-3-19-17(27)18(28-2)5-9(30-7-11(21)22)13(24)10(6-20)32-18/h8-10,12-16,20,23-26H,3-7H2,1-2H3,(H,19,27)(H,21,22)/t8?,9?,10?,12-,13-,14?,15?,16-,18-/m1/s1. The third-order valence-electron chi connectivity index (χ3n) is 5.33. The van der Waals surface area contributed by atoms with E-state index in [-0.39, 0.29) is 19.6 Å². The summed E-state index contributed by atoms with van der Waals surface area (Å²) in [5.74, 6) is -4.06. The average Bonchev–Trinajstić information content (AvgIpc) is 2.77. The molecule has 0 aromatic rings. The molecular formula is C18H31NO13. The minimum atomic E-state index is -1.98. The van der Waals surface area contributed by atoms with Gasteiger partial charge in [0.25, 0.3) is 11.7 Å². The number of aliphatic carboxylic acids is 1. The van der Waals surface area contributed by atoms with Crippen molar-refractivity contribution in [2.24, 2.45) is 0 Å². The highest BCUT2D eigenvalue weighted by atomic mass is 16.7. The number of carboxylic acid groups (broad SMARTS) is 1. The van der Waals surface area contributed by atoms with Crippen molar-refractivity contribution in [2.75, 3.05) is 33.5 Å². The van der Waals surface area contributed by atoms with Gasteiger partial charge in [0.15, 0.2) is 6.29 Å². The third kappa shape index (κ3) is 6.11. The summed E-state index contributed by atoms with van der Waals surface area (Å²) in [4.78, 5) is 23.5. The summed E-state index contributed by atoms with van der Waals surface area (Å²) in [5, 5.41) is 60.3. The van der Waals surface area contributed by atoms with Gasteiger partial charge in [-0.1, -0.05) is 0 Å². The van der Waals surface area contributed by atoms with E-state index in [1.54, 1.807) is 0 Å². The van der Waals surface area contributed by atoms with Crippen molar-refractivity contribution in [2.45, 2.75) is 68.1 Å². The lowest BCUT2D eigenvalue weighted by atomic mass is 9.94. The number of hydrogen-bond acceptors (Lipinski definition) is 12. The highest BCUT2D eigenvalue weighted by molar-refractivity contribution is 5.84. The van der Waals surface area contributed by atoms with E-state index >= 15 is 0 Å². The first kappa shape index (κ1) is 26.8. The molecule has 2 saturated heterocycles. The van der Waals surface area contributed by atoms with Gasteiger partial charge in [-0.2, -0.15) is 0 Å². The zero-order valence-electron chi connectivity index (χ0n) is 17.7. The number of amides is 1. The zero-order valence-corrected chi connectivity index (χ0v) is 17.7. The van der Waals surface area contributed by atoms with E-state index in [1.807, 2.05) is 0 Å². The molecule has 32 heavy (non-hydrogen) atoms. The minimum absolute atomic E-state index is 0.111. The monoisotopic (exact) mass is 469 g/mol. The van der Waals surface area contributed by atoms with Crippen molar-refractivity contribution in [1.82, 2.24) is 5.32 Å². The van der Waals surface area contributed by atoms with E-state index in [9.17, 15) is 35.1 Å². The molecule has 0 bridgehead atoms. The van der Waals surface area contributed by atoms with Crippen molar-refractivity contribution >= 4 is 11.9 Å². The molecule has 2 heterocycles. The van der Waals surface area contributed by atoms with Gasteiger partial charge < -0.3 is 59.6 Å². The van der Waals surface area contributed by atoms with E-state index < -0.39 is 79.9 Å². The smallest absolute Gasteiger partial charge is 0.329 e. The van der Waals surface area contributed by atoms with Crippen LogP contribution in [-0.4, -0.2) is 131 Å². The predicted molar refractivity (Wildman–Crippen MR) is 101 cm³/mol. The summed E-state index contributed by atoms with van der Waals surface area (Å²) in [5.41, 5.74) is 0. The second kappa shape index (κ2) is 11.6. The molecule has 14 heteroatoms. The van der Waals surface area contributed by atoms with Gasteiger partial charge in [0.05, 0.1) is 25.4 Å². The normalized spacial score (nSPS) is 40.1. The molecule has 2 aliphatic heterocycles. The topological polar surface area (TPSA) is 214 Å². The first-order chi connectivity index (χ1) is 15.1. The molecular weight excluding hydrogens is 438 g/mol. The van der Waals surface area contributed by atoms with E-state index in [2.05, 4.69) is 5.32 Å². The van der Waals surface area contributed by atoms with Crippen molar-refractivity contribution in [3.8, 4) is 0 Å². The Morgan fingerprint density at radius 3 is 2.38 bits per heavy atom. The fraction of sp³-hybridized carbons (Fsp3) is 0.889. The van der Waals surface area contributed by atoms with Gasteiger partial charge >= 0.3 is 5.97 Å². The molecule has 5 unspecified atom stereocenters. The zero-order chi connectivity index (χ0) is 24.1. The Kier molecular flexibility index (Phi) is 9.71. The van der Waals surface area contributed by atoms with Gasteiger partial charge in [-0.25, -0.2) is 4.79 Å². The van der Waals surface area contributed by atoms with Gasteiger partial charge in [0.2, 0.25) is 0 Å². The van der Waals surface area contributed by atoms with Crippen LogP contribution >= 0.6 is 0 Å². The molecule has 2 fully saturated rings. The van der Waals surface area contributed by atoms with Gasteiger partial charge in [0, 0.05) is 20.1 Å². The van der Waals surface area contributed by atoms with Crippen molar-refractivity contribution in [3.63, 3.8) is 0 Å². The highest BCUT2D eigenvalue weighted by Crippen LogP contribution is 2.32. The summed E-state index contributed by atoms with van der Waals surface area (Å²) in [6.07, 6.45) is -10.4. The summed E-state index contributed by atoms with van der Waals surface area (Å²) >= 11 is 0. The number of nitrogens with one attached hydrogen (secondary N) is 1.